The number of aryl methyl sites for hydroxylation is 1. The summed E-state index contributed by atoms with van der Waals surface area (Å²) in [6.07, 6.45) is 1.31. The second-order valence-corrected chi connectivity index (χ2v) is 3.07. The monoisotopic (exact) mass is 210 g/mol. The third-order valence-corrected chi connectivity index (χ3v) is 1.85. The molecule has 0 aliphatic rings. The van der Waals surface area contributed by atoms with Gasteiger partial charge in [-0.2, -0.15) is 0 Å². The van der Waals surface area contributed by atoms with E-state index in [2.05, 4.69) is 4.98 Å². The van der Waals surface area contributed by atoms with Crippen molar-refractivity contribution < 1.29 is 14.5 Å². The Morgan fingerprint density at radius 2 is 2.13 bits per heavy atom. The third kappa shape index (κ3) is 2.28. The SMILES string of the molecule is CC(=O)Oc1ncc(C)c([N+](=O)[O-])c1C. The van der Waals surface area contributed by atoms with Crippen LogP contribution in [0.3, 0.4) is 0 Å². The Bertz CT molecular complexity index is 428. The maximum absolute atomic E-state index is 10.7. The molecule has 1 aromatic heterocycles. The summed E-state index contributed by atoms with van der Waals surface area (Å²) in [7, 11) is 0. The molecule has 0 atom stereocenters. The van der Waals surface area contributed by atoms with Crippen molar-refractivity contribution in [1.82, 2.24) is 4.98 Å². The third-order valence-electron chi connectivity index (χ3n) is 1.85. The molecule has 0 unspecified atom stereocenters. The molecule has 1 aromatic rings. The van der Waals surface area contributed by atoms with Crippen molar-refractivity contribution in [3.05, 3.63) is 27.4 Å². The number of esters is 1. The van der Waals surface area contributed by atoms with Crippen molar-refractivity contribution in [2.45, 2.75) is 20.8 Å². The van der Waals surface area contributed by atoms with Crippen LogP contribution in [0.1, 0.15) is 18.1 Å². The molecule has 0 amide bonds. The molecule has 0 aromatic carbocycles. The summed E-state index contributed by atoms with van der Waals surface area (Å²) in [5.74, 6) is -0.566. The van der Waals surface area contributed by atoms with Gasteiger partial charge in [-0.3, -0.25) is 14.9 Å². The van der Waals surface area contributed by atoms with Crippen molar-refractivity contribution in [2.75, 3.05) is 0 Å². The van der Waals surface area contributed by atoms with Gasteiger partial charge in [-0.15, -0.1) is 0 Å². The van der Waals surface area contributed by atoms with Crippen LogP contribution in [0.15, 0.2) is 6.20 Å². The fourth-order valence-electron chi connectivity index (χ4n) is 1.23. The largest absolute Gasteiger partial charge is 0.407 e. The molecule has 0 spiro atoms. The van der Waals surface area contributed by atoms with Crippen molar-refractivity contribution in [1.29, 1.82) is 0 Å². The summed E-state index contributed by atoms with van der Waals surface area (Å²) in [5.41, 5.74) is 0.629. The van der Waals surface area contributed by atoms with Crippen LogP contribution < -0.4 is 4.74 Å². The minimum absolute atomic E-state index is 0.0141. The average Bonchev–Trinajstić information content (AvgIpc) is 2.09. The number of aromatic nitrogens is 1. The zero-order valence-electron chi connectivity index (χ0n) is 8.60. The highest BCUT2D eigenvalue weighted by molar-refractivity contribution is 5.69. The Kier molecular flexibility index (Phi) is 2.99. The summed E-state index contributed by atoms with van der Waals surface area (Å²) in [6.45, 7) is 4.29. The van der Waals surface area contributed by atoms with Gasteiger partial charge < -0.3 is 4.74 Å². The van der Waals surface area contributed by atoms with Crippen LogP contribution in [0.2, 0.25) is 0 Å². The van der Waals surface area contributed by atoms with Crippen LogP contribution in [0.25, 0.3) is 0 Å². The molecule has 0 radical (unpaired) electrons. The van der Waals surface area contributed by atoms with Crippen LogP contribution in [0.5, 0.6) is 5.88 Å². The van der Waals surface area contributed by atoms with Gasteiger partial charge in [-0.1, -0.05) is 0 Å². The molecular weight excluding hydrogens is 200 g/mol. The van der Waals surface area contributed by atoms with Gasteiger partial charge in [-0.05, 0) is 13.8 Å². The van der Waals surface area contributed by atoms with Gasteiger partial charge in [0.05, 0.1) is 10.5 Å². The number of nitrogens with zero attached hydrogens (tertiary/aromatic N) is 2. The Morgan fingerprint density at radius 3 is 2.60 bits per heavy atom. The molecule has 0 saturated carbocycles. The van der Waals surface area contributed by atoms with E-state index in [4.69, 9.17) is 4.74 Å². The van der Waals surface area contributed by atoms with E-state index >= 15 is 0 Å². The lowest BCUT2D eigenvalue weighted by molar-refractivity contribution is -0.386. The van der Waals surface area contributed by atoms with E-state index in [-0.39, 0.29) is 17.1 Å². The predicted molar refractivity (Wildman–Crippen MR) is 51.7 cm³/mol. The minimum Gasteiger partial charge on any atom is -0.407 e. The van der Waals surface area contributed by atoms with Crippen LogP contribution >= 0.6 is 0 Å². The molecule has 0 saturated heterocycles. The Hall–Kier alpha value is -1.98. The first-order valence-electron chi connectivity index (χ1n) is 4.22. The molecule has 6 nitrogen and oxygen atoms in total. The summed E-state index contributed by atoms with van der Waals surface area (Å²) in [4.78, 5) is 24.7. The Labute approximate surface area is 86.0 Å². The number of nitro groups is 1. The van der Waals surface area contributed by atoms with Crippen molar-refractivity contribution in [3.8, 4) is 5.88 Å². The van der Waals surface area contributed by atoms with Gasteiger partial charge >= 0.3 is 5.97 Å². The van der Waals surface area contributed by atoms with Gasteiger partial charge in [0, 0.05) is 18.7 Å². The maximum Gasteiger partial charge on any atom is 0.309 e. The fraction of sp³-hybridized carbons (Fsp3) is 0.333. The lowest BCUT2D eigenvalue weighted by Gasteiger charge is -2.05. The quantitative estimate of drug-likeness (QED) is 0.420. The second kappa shape index (κ2) is 4.04. The first-order chi connectivity index (χ1) is 6.93. The molecular formula is C9H10N2O4. The smallest absolute Gasteiger partial charge is 0.309 e. The highest BCUT2D eigenvalue weighted by atomic mass is 16.6. The van der Waals surface area contributed by atoms with E-state index in [0.717, 1.165) is 0 Å². The van der Waals surface area contributed by atoms with E-state index in [0.29, 0.717) is 5.56 Å². The van der Waals surface area contributed by atoms with Crippen LogP contribution in [-0.4, -0.2) is 15.9 Å². The number of pyridine rings is 1. The zero-order valence-corrected chi connectivity index (χ0v) is 8.60. The lowest BCUT2D eigenvalue weighted by atomic mass is 10.2. The predicted octanol–water partition coefficient (Wildman–Crippen LogP) is 1.53. The summed E-state index contributed by atoms with van der Waals surface area (Å²) in [6, 6.07) is 0. The Morgan fingerprint density at radius 1 is 1.53 bits per heavy atom. The summed E-state index contributed by atoms with van der Waals surface area (Å²) >= 11 is 0. The standard InChI is InChI=1S/C9H10N2O4/c1-5-4-10-9(15-7(3)12)6(2)8(5)11(13)14/h4H,1-3H3. The number of hydrogen-bond acceptors (Lipinski definition) is 5. The van der Waals surface area contributed by atoms with Crippen molar-refractivity contribution >= 4 is 11.7 Å². The Balaban J connectivity index is 3.28. The van der Waals surface area contributed by atoms with Crippen LogP contribution in [0.4, 0.5) is 5.69 Å². The molecule has 0 fully saturated rings. The zero-order chi connectivity index (χ0) is 11.6. The van der Waals surface area contributed by atoms with Crippen LogP contribution in [0, 0.1) is 24.0 Å². The number of carbonyl (C=O) groups excluding carboxylic acids is 1. The number of rotatable bonds is 2. The molecule has 0 bridgehead atoms. The number of ether oxygens (including phenoxy) is 1. The van der Waals surface area contributed by atoms with Gasteiger partial charge in [0.2, 0.25) is 5.88 Å². The topological polar surface area (TPSA) is 82.3 Å². The van der Waals surface area contributed by atoms with E-state index in [1.807, 2.05) is 0 Å². The minimum atomic E-state index is -0.552. The van der Waals surface area contributed by atoms with E-state index in [9.17, 15) is 14.9 Å². The molecule has 80 valence electrons. The van der Waals surface area contributed by atoms with E-state index in [1.165, 1.54) is 20.0 Å². The maximum atomic E-state index is 10.7. The lowest BCUT2D eigenvalue weighted by Crippen LogP contribution is -2.07. The second-order valence-electron chi connectivity index (χ2n) is 3.07. The summed E-state index contributed by atoms with van der Waals surface area (Å²) < 4.78 is 4.74. The molecule has 1 rings (SSSR count). The molecule has 0 aliphatic carbocycles. The molecule has 0 aliphatic heterocycles. The van der Waals surface area contributed by atoms with Gasteiger partial charge in [-0.25, -0.2) is 4.98 Å². The first kappa shape index (κ1) is 11.1. The van der Waals surface area contributed by atoms with Gasteiger partial charge in [0.25, 0.3) is 5.69 Å². The van der Waals surface area contributed by atoms with Gasteiger partial charge in [0.15, 0.2) is 0 Å². The molecule has 6 heteroatoms. The van der Waals surface area contributed by atoms with Crippen molar-refractivity contribution in [3.63, 3.8) is 0 Å². The fourth-order valence-corrected chi connectivity index (χ4v) is 1.23. The van der Waals surface area contributed by atoms with Crippen LogP contribution in [-0.2, 0) is 4.79 Å². The van der Waals surface area contributed by atoms with E-state index in [1.54, 1.807) is 6.92 Å². The highest BCUT2D eigenvalue weighted by Crippen LogP contribution is 2.28. The number of hydrogen-bond donors (Lipinski definition) is 0. The number of carbonyl (C=O) groups is 1. The molecule has 0 N–H and O–H groups in total. The molecule has 15 heavy (non-hydrogen) atoms. The average molecular weight is 210 g/mol. The first-order valence-corrected chi connectivity index (χ1v) is 4.22. The van der Waals surface area contributed by atoms with E-state index < -0.39 is 10.9 Å². The summed E-state index contributed by atoms with van der Waals surface area (Å²) in [5, 5.41) is 10.7. The highest BCUT2D eigenvalue weighted by Gasteiger charge is 2.20. The van der Waals surface area contributed by atoms with Crippen molar-refractivity contribution in [2.24, 2.45) is 0 Å². The van der Waals surface area contributed by atoms with Gasteiger partial charge in [0.1, 0.15) is 0 Å². The molecule has 1 heterocycles. The normalized spacial score (nSPS) is 9.80.